The number of carbonyl (C=O) groups excluding carboxylic acids is 2. The topological polar surface area (TPSA) is 67.9 Å². The van der Waals surface area contributed by atoms with E-state index < -0.39 is 0 Å². The first-order valence-electron chi connectivity index (χ1n) is 9.24. The van der Waals surface area contributed by atoms with Gasteiger partial charge in [-0.3, -0.25) is 14.5 Å². The molecule has 0 saturated heterocycles. The molecule has 2 aromatic rings. The van der Waals surface area contributed by atoms with Gasteiger partial charge in [-0.1, -0.05) is 29.8 Å². The predicted molar refractivity (Wildman–Crippen MR) is 113 cm³/mol. The number of para-hydroxylation sites is 1. The molecule has 1 heterocycles. The van der Waals surface area contributed by atoms with E-state index in [1.165, 1.54) is 12.0 Å². The fourth-order valence-electron chi connectivity index (χ4n) is 3.27. The first-order valence-corrected chi connectivity index (χ1v) is 9.61. The van der Waals surface area contributed by atoms with Crippen molar-refractivity contribution in [3.63, 3.8) is 0 Å². The number of anilines is 1. The first-order chi connectivity index (χ1) is 14.0. The molecule has 0 spiro atoms. The Labute approximate surface area is 175 Å². The van der Waals surface area contributed by atoms with E-state index in [9.17, 15) is 9.59 Å². The number of rotatable bonds is 8. The van der Waals surface area contributed by atoms with Gasteiger partial charge in [0.25, 0.3) is 11.8 Å². The van der Waals surface area contributed by atoms with Crippen LogP contribution in [0.4, 0.5) is 5.69 Å². The average molecular weight is 415 g/mol. The smallest absolute Gasteiger partial charge is 0.278 e. The van der Waals surface area contributed by atoms with Gasteiger partial charge < -0.3 is 14.8 Å². The highest BCUT2D eigenvalue weighted by Crippen LogP contribution is 2.35. The van der Waals surface area contributed by atoms with Gasteiger partial charge in [-0.2, -0.15) is 0 Å². The summed E-state index contributed by atoms with van der Waals surface area (Å²) in [6.45, 7) is 2.62. The molecule has 1 aliphatic heterocycles. The number of aryl methyl sites for hydroxylation is 1. The summed E-state index contributed by atoms with van der Waals surface area (Å²) in [5.74, 6) is -0.208. The van der Waals surface area contributed by atoms with Gasteiger partial charge in [0, 0.05) is 36.5 Å². The Morgan fingerprint density at radius 1 is 1.07 bits per heavy atom. The average Bonchev–Trinajstić information content (AvgIpc) is 2.94. The fourth-order valence-corrected chi connectivity index (χ4v) is 3.49. The van der Waals surface area contributed by atoms with Crippen LogP contribution in [0.25, 0.3) is 5.57 Å². The molecule has 0 saturated carbocycles. The molecule has 1 N–H and O–H groups in total. The molecular weight excluding hydrogens is 392 g/mol. The molecule has 0 bridgehead atoms. The number of carbonyl (C=O) groups is 2. The van der Waals surface area contributed by atoms with Gasteiger partial charge in [-0.05, 0) is 43.2 Å². The Bertz CT molecular complexity index is 971. The Hall–Kier alpha value is -2.83. The minimum Gasteiger partial charge on any atom is -0.496 e. The minimum absolute atomic E-state index is 0.224. The third kappa shape index (κ3) is 4.28. The third-order valence-corrected chi connectivity index (χ3v) is 4.96. The summed E-state index contributed by atoms with van der Waals surface area (Å²) < 4.78 is 10.5. The van der Waals surface area contributed by atoms with E-state index in [1.807, 2.05) is 13.0 Å². The van der Waals surface area contributed by atoms with Crippen molar-refractivity contribution < 1.29 is 19.1 Å². The van der Waals surface area contributed by atoms with Gasteiger partial charge in [-0.25, -0.2) is 0 Å². The fraction of sp³-hybridized carbons (Fsp3) is 0.273. The molecule has 0 aromatic heterocycles. The zero-order valence-electron chi connectivity index (χ0n) is 16.6. The summed E-state index contributed by atoms with van der Waals surface area (Å²) in [5, 5.41) is 3.76. The largest absolute Gasteiger partial charge is 0.496 e. The van der Waals surface area contributed by atoms with Gasteiger partial charge in [-0.15, -0.1) is 0 Å². The standard InChI is InChI=1S/C22H23ClN2O4/c1-14-13-15(23)9-10-17(14)24-20-19(16-7-4-5-8-18(16)29-3)21(26)25(22(20)27)11-6-12-28-2/h4-5,7-10,13,24H,6,11-12H2,1-3H3. The van der Waals surface area contributed by atoms with E-state index >= 15 is 0 Å². The monoisotopic (exact) mass is 414 g/mol. The number of nitrogens with zero attached hydrogens (tertiary/aromatic N) is 1. The number of methoxy groups -OCH3 is 2. The van der Waals surface area contributed by atoms with Crippen molar-refractivity contribution >= 4 is 34.7 Å². The van der Waals surface area contributed by atoms with Crippen LogP contribution in [-0.2, 0) is 14.3 Å². The molecule has 0 radical (unpaired) electrons. The van der Waals surface area contributed by atoms with E-state index in [2.05, 4.69) is 5.32 Å². The summed E-state index contributed by atoms with van der Waals surface area (Å²) in [7, 11) is 3.12. The van der Waals surface area contributed by atoms with Gasteiger partial charge in [0.1, 0.15) is 11.4 Å². The van der Waals surface area contributed by atoms with Crippen LogP contribution in [0, 0.1) is 6.92 Å². The number of imide groups is 1. The Balaban J connectivity index is 2.07. The van der Waals surface area contributed by atoms with E-state index in [0.717, 1.165) is 5.56 Å². The van der Waals surface area contributed by atoms with Crippen LogP contribution in [0.15, 0.2) is 48.2 Å². The second kappa shape index (κ2) is 9.11. The summed E-state index contributed by atoms with van der Waals surface area (Å²) in [6.07, 6.45) is 0.556. The van der Waals surface area contributed by atoms with E-state index in [4.69, 9.17) is 21.1 Å². The van der Waals surface area contributed by atoms with Crippen LogP contribution >= 0.6 is 11.6 Å². The molecular formula is C22H23ClN2O4. The molecule has 2 aromatic carbocycles. The molecule has 152 valence electrons. The van der Waals surface area contributed by atoms with Crippen molar-refractivity contribution in [1.82, 2.24) is 4.90 Å². The molecule has 0 aliphatic carbocycles. The quantitative estimate of drug-likeness (QED) is 0.524. The summed E-state index contributed by atoms with van der Waals surface area (Å²) in [6, 6.07) is 12.5. The van der Waals surface area contributed by atoms with Gasteiger partial charge >= 0.3 is 0 Å². The van der Waals surface area contributed by atoms with Crippen molar-refractivity contribution in [2.45, 2.75) is 13.3 Å². The molecule has 29 heavy (non-hydrogen) atoms. The minimum atomic E-state index is -0.374. The zero-order chi connectivity index (χ0) is 21.0. The van der Waals surface area contributed by atoms with Crippen LogP contribution in [0.1, 0.15) is 17.5 Å². The highest BCUT2D eigenvalue weighted by atomic mass is 35.5. The van der Waals surface area contributed by atoms with Crippen LogP contribution < -0.4 is 10.1 Å². The molecule has 6 nitrogen and oxygen atoms in total. The number of hydrogen-bond donors (Lipinski definition) is 1. The number of halogens is 1. The molecule has 1 aliphatic rings. The Morgan fingerprint density at radius 2 is 1.83 bits per heavy atom. The second-order valence-corrected chi connectivity index (χ2v) is 7.08. The Kier molecular flexibility index (Phi) is 6.56. The SMILES string of the molecule is COCCCN1C(=O)C(Nc2ccc(Cl)cc2C)=C(c2ccccc2OC)C1=O. The number of nitrogens with one attached hydrogen (secondary N) is 1. The van der Waals surface area contributed by atoms with Crippen LogP contribution in [-0.4, -0.2) is 44.1 Å². The van der Waals surface area contributed by atoms with Crippen molar-refractivity contribution in [3.05, 3.63) is 64.3 Å². The summed E-state index contributed by atoms with van der Waals surface area (Å²) in [4.78, 5) is 27.6. The molecule has 0 fully saturated rings. The van der Waals surface area contributed by atoms with Gasteiger partial charge in [0.2, 0.25) is 0 Å². The Morgan fingerprint density at radius 3 is 2.52 bits per heavy atom. The maximum absolute atomic E-state index is 13.2. The molecule has 2 amide bonds. The van der Waals surface area contributed by atoms with E-state index in [-0.39, 0.29) is 24.1 Å². The number of ether oxygens (including phenoxy) is 2. The lowest BCUT2D eigenvalue weighted by Crippen LogP contribution is -2.34. The molecule has 7 heteroatoms. The number of hydrogen-bond acceptors (Lipinski definition) is 5. The van der Waals surface area contributed by atoms with Crippen LogP contribution in [0.2, 0.25) is 5.02 Å². The highest BCUT2D eigenvalue weighted by molar-refractivity contribution is 6.37. The third-order valence-electron chi connectivity index (χ3n) is 4.72. The lowest BCUT2D eigenvalue weighted by atomic mass is 10.0. The highest BCUT2D eigenvalue weighted by Gasteiger charge is 2.40. The van der Waals surface area contributed by atoms with Crippen molar-refractivity contribution in [2.75, 3.05) is 32.7 Å². The number of amides is 2. The van der Waals surface area contributed by atoms with E-state index in [1.54, 1.807) is 43.5 Å². The van der Waals surface area contributed by atoms with Crippen LogP contribution in [0.5, 0.6) is 5.75 Å². The maximum atomic E-state index is 13.2. The lowest BCUT2D eigenvalue weighted by Gasteiger charge is -2.15. The molecule has 3 rings (SSSR count). The predicted octanol–water partition coefficient (Wildman–Crippen LogP) is 3.89. The molecule has 0 unspecified atom stereocenters. The second-order valence-electron chi connectivity index (χ2n) is 6.64. The number of benzene rings is 2. The van der Waals surface area contributed by atoms with Crippen LogP contribution in [0.3, 0.4) is 0 Å². The van der Waals surface area contributed by atoms with Gasteiger partial charge in [0.05, 0.1) is 12.7 Å². The van der Waals surface area contributed by atoms with Crippen molar-refractivity contribution in [1.29, 1.82) is 0 Å². The summed E-state index contributed by atoms with van der Waals surface area (Å²) >= 11 is 6.05. The maximum Gasteiger partial charge on any atom is 0.278 e. The zero-order valence-corrected chi connectivity index (χ0v) is 17.4. The summed E-state index contributed by atoms with van der Waals surface area (Å²) in [5.41, 5.74) is 2.65. The normalized spacial score (nSPS) is 14.0. The van der Waals surface area contributed by atoms with Gasteiger partial charge in [0.15, 0.2) is 0 Å². The van der Waals surface area contributed by atoms with Crippen molar-refractivity contribution in [2.24, 2.45) is 0 Å². The van der Waals surface area contributed by atoms with E-state index in [0.29, 0.717) is 40.6 Å². The first kappa shape index (κ1) is 20.9. The molecule has 0 atom stereocenters. The lowest BCUT2D eigenvalue weighted by molar-refractivity contribution is -0.137. The van der Waals surface area contributed by atoms with Crippen molar-refractivity contribution in [3.8, 4) is 5.75 Å².